The smallest absolute Gasteiger partial charge is 0.130 e. The van der Waals surface area contributed by atoms with Crippen molar-refractivity contribution in [2.75, 3.05) is 53.9 Å². The number of likely N-dealkylation sites (N-methyl/N-ethyl adjacent to an activating group) is 1. The Bertz CT molecular complexity index is 439. The molecule has 142 valence electrons. The molecule has 0 amide bonds. The maximum atomic E-state index is 6.45. The third kappa shape index (κ3) is 5.04. The summed E-state index contributed by atoms with van der Waals surface area (Å²) in [5.41, 5.74) is 0. The first-order valence-electron chi connectivity index (χ1n) is 9.05. The third-order valence-electron chi connectivity index (χ3n) is 4.81. The first-order valence-corrected chi connectivity index (χ1v) is 10.8. The van der Waals surface area contributed by atoms with Gasteiger partial charge in [0.05, 0.1) is 31.0 Å². The van der Waals surface area contributed by atoms with Crippen molar-refractivity contribution in [3.8, 4) is 0 Å². The summed E-state index contributed by atoms with van der Waals surface area (Å²) in [6.07, 6.45) is 6.39. The van der Waals surface area contributed by atoms with Gasteiger partial charge in [0.2, 0.25) is 0 Å². The molecule has 0 aromatic carbocycles. The standard InChI is InChI=1S/C17H36N3O3P/c1-8-16-12-20(10-15(3)22-16)24(7,18(4)5)21-13-17-11-19(6)9-14(2)23-17/h14-17H,7-13H2,1-6H3. The van der Waals surface area contributed by atoms with Crippen LogP contribution in [-0.2, 0) is 14.0 Å². The lowest BCUT2D eigenvalue weighted by molar-refractivity contribution is -0.0876. The van der Waals surface area contributed by atoms with Crippen molar-refractivity contribution in [1.82, 2.24) is 14.2 Å². The van der Waals surface area contributed by atoms with E-state index in [1.165, 1.54) is 0 Å². The van der Waals surface area contributed by atoms with Crippen LogP contribution in [0, 0.1) is 0 Å². The molecule has 0 radical (unpaired) electrons. The topological polar surface area (TPSA) is 37.4 Å². The van der Waals surface area contributed by atoms with E-state index in [0.717, 1.165) is 32.6 Å². The highest BCUT2D eigenvalue weighted by Crippen LogP contribution is 2.53. The first kappa shape index (κ1) is 20.4. The first-order chi connectivity index (χ1) is 11.2. The van der Waals surface area contributed by atoms with Crippen LogP contribution in [0.5, 0.6) is 0 Å². The number of hydrogen-bond acceptors (Lipinski definition) is 6. The van der Waals surface area contributed by atoms with E-state index in [0.29, 0.717) is 6.61 Å². The van der Waals surface area contributed by atoms with Crippen LogP contribution in [0.15, 0.2) is 0 Å². The predicted molar refractivity (Wildman–Crippen MR) is 102 cm³/mol. The lowest BCUT2D eigenvalue weighted by Gasteiger charge is -2.47. The van der Waals surface area contributed by atoms with Gasteiger partial charge in [-0.3, -0.25) is 4.67 Å². The van der Waals surface area contributed by atoms with Gasteiger partial charge in [0.1, 0.15) is 7.41 Å². The summed E-state index contributed by atoms with van der Waals surface area (Å²) < 4.78 is 23.1. The zero-order chi connectivity index (χ0) is 17.9. The monoisotopic (exact) mass is 361 g/mol. The summed E-state index contributed by atoms with van der Waals surface area (Å²) in [6.45, 7) is 10.7. The number of rotatable bonds is 6. The van der Waals surface area contributed by atoms with E-state index in [9.17, 15) is 0 Å². The molecule has 2 heterocycles. The molecule has 0 aliphatic carbocycles. The van der Waals surface area contributed by atoms with Gasteiger partial charge in [0, 0.05) is 26.2 Å². The van der Waals surface area contributed by atoms with Crippen molar-refractivity contribution in [2.45, 2.75) is 51.6 Å². The second-order valence-electron chi connectivity index (χ2n) is 7.45. The highest BCUT2D eigenvalue weighted by molar-refractivity contribution is 7.64. The maximum Gasteiger partial charge on any atom is 0.130 e. The SMILES string of the molecule is C=P(OCC1CN(C)CC(C)O1)(N(C)C)N1CC(C)OC(CC)C1. The fourth-order valence-corrected chi connectivity index (χ4v) is 5.75. The minimum Gasteiger partial charge on any atom is -0.373 e. The molecule has 2 rings (SSSR count). The van der Waals surface area contributed by atoms with E-state index in [1.807, 2.05) is 0 Å². The Morgan fingerprint density at radius 3 is 2.29 bits per heavy atom. The van der Waals surface area contributed by atoms with Crippen LogP contribution in [0.25, 0.3) is 0 Å². The van der Waals surface area contributed by atoms with Crippen molar-refractivity contribution in [1.29, 1.82) is 0 Å². The van der Waals surface area contributed by atoms with Gasteiger partial charge in [0.25, 0.3) is 0 Å². The van der Waals surface area contributed by atoms with Crippen molar-refractivity contribution in [2.24, 2.45) is 0 Å². The molecule has 2 aliphatic heterocycles. The van der Waals surface area contributed by atoms with Gasteiger partial charge in [-0.2, -0.15) is 0 Å². The molecule has 0 aromatic heterocycles. The van der Waals surface area contributed by atoms with Gasteiger partial charge in [0.15, 0.2) is 0 Å². The Labute approximate surface area is 148 Å². The third-order valence-corrected chi connectivity index (χ3v) is 7.83. The highest BCUT2D eigenvalue weighted by Gasteiger charge is 2.35. The molecule has 2 fully saturated rings. The number of ether oxygens (including phenoxy) is 2. The minimum absolute atomic E-state index is 0.111. The van der Waals surface area contributed by atoms with Crippen molar-refractivity contribution >= 4 is 13.7 Å². The fourth-order valence-electron chi connectivity index (χ4n) is 3.52. The minimum atomic E-state index is -2.07. The van der Waals surface area contributed by atoms with Crippen LogP contribution in [-0.4, -0.2) is 98.9 Å². The van der Waals surface area contributed by atoms with Crippen molar-refractivity contribution in [3.63, 3.8) is 0 Å². The Balaban J connectivity index is 2.03. The van der Waals surface area contributed by atoms with Crippen LogP contribution in [0.3, 0.4) is 0 Å². The Kier molecular flexibility index (Phi) is 7.33. The van der Waals surface area contributed by atoms with Crippen LogP contribution in [0.2, 0.25) is 0 Å². The molecule has 6 nitrogen and oxygen atoms in total. The van der Waals surface area contributed by atoms with Gasteiger partial charge in [-0.25, -0.2) is 4.67 Å². The average Bonchev–Trinajstić information content (AvgIpc) is 2.50. The van der Waals surface area contributed by atoms with E-state index >= 15 is 0 Å². The zero-order valence-corrected chi connectivity index (χ0v) is 17.2. The predicted octanol–water partition coefficient (Wildman–Crippen LogP) is 1.98. The van der Waals surface area contributed by atoms with Gasteiger partial charge in [-0.05, 0) is 47.7 Å². The molecule has 0 spiro atoms. The van der Waals surface area contributed by atoms with E-state index in [2.05, 4.69) is 62.5 Å². The number of nitrogens with zero attached hydrogens (tertiary/aromatic N) is 3. The fraction of sp³-hybridized carbons (Fsp3) is 0.941. The maximum absolute atomic E-state index is 6.45. The van der Waals surface area contributed by atoms with Crippen molar-refractivity contribution in [3.05, 3.63) is 0 Å². The largest absolute Gasteiger partial charge is 0.373 e. The molecular formula is C17H36N3O3P. The Morgan fingerprint density at radius 1 is 1.08 bits per heavy atom. The van der Waals surface area contributed by atoms with Gasteiger partial charge in [-0.1, -0.05) is 6.92 Å². The van der Waals surface area contributed by atoms with E-state index in [-0.39, 0.29) is 24.4 Å². The summed E-state index contributed by atoms with van der Waals surface area (Å²) in [6, 6.07) is 0. The van der Waals surface area contributed by atoms with Crippen LogP contribution >= 0.6 is 7.41 Å². The average molecular weight is 361 g/mol. The van der Waals surface area contributed by atoms with E-state index in [4.69, 9.17) is 14.0 Å². The van der Waals surface area contributed by atoms with Crippen molar-refractivity contribution < 1.29 is 14.0 Å². The zero-order valence-electron chi connectivity index (χ0n) is 16.3. The summed E-state index contributed by atoms with van der Waals surface area (Å²) in [7, 11) is 4.20. The molecule has 0 N–H and O–H groups in total. The molecule has 2 aliphatic rings. The number of hydrogen-bond donors (Lipinski definition) is 0. The molecule has 2 saturated heterocycles. The van der Waals surface area contributed by atoms with Gasteiger partial charge >= 0.3 is 0 Å². The Hall–Kier alpha value is 0.0600. The summed E-state index contributed by atoms with van der Waals surface area (Å²) >= 11 is 0. The molecule has 0 aromatic rings. The van der Waals surface area contributed by atoms with Gasteiger partial charge in [-0.15, -0.1) is 0 Å². The summed E-state index contributed by atoms with van der Waals surface area (Å²) in [4.78, 5) is 2.31. The van der Waals surface area contributed by atoms with E-state index in [1.54, 1.807) is 0 Å². The van der Waals surface area contributed by atoms with Crippen LogP contribution < -0.4 is 0 Å². The quantitative estimate of drug-likeness (QED) is 0.674. The Morgan fingerprint density at radius 2 is 1.71 bits per heavy atom. The molecule has 24 heavy (non-hydrogen) atoms. The van der Waals surface area contributed by atoms with Crippen LogP contribution in [0.1, 0.15) is 27.2 Å². The molecular weight excluding hydrogens is 325 g/mol. The summed E-state index contributed by atoms with van der Waals surface area (Å²) in [5.74, 6) is 0. The lowest BCUT2D eigenvalue weighted by Crippen LogP contribution is -2.48. The molecule has 0 bridgehead atoms. The molecule has 5 atom stereocenters. The van der Waals surface area contributed by atoms with E-state index < -0.39 is 7.41 Å². The molecule has 7 heteroatoms. The molecule has 0 saturated carbocycles. The van der Waals surface area contributed by atoms with Gasteiger partial charge < -0.3 is 18.9 Å². The second kappa shape index (κ2) is 8.63. The lowest BCUT2D eigenvalue weighted by atomic mass is 10.2. The second-order valence-corrected chi connectivity index (χ2v) is 10.4. The summed E-state index contributed by atoms with van der Waals surface area (Å²) in [5, 5.41) is 0. The number of morpholine rings is 2. The van der Waals surface area contributed by atoms with Crippen LogP contribution in [0.4, 0.5) is 0 Å². The normalized spacial score (nSPS) is 36.0. The molecule has 5 unspecified atom stereocenters. The highest BCUT2D eigenvalue weighted by atomic mass is 31.2.